The summed E-state index contributed by atoms with van der Waals surface area (Å²) in [6.45, 7) is 3.85. The SMILES string of the molecule is CC(CN(CCC(=O)O)C1CC1)c1ccccc1. The van der Waals surface area contributed by atoms with Crippen molar-refractivity contribution >= 4 is 5.97 Å². The molecule has 0 bridgehead atoms. The van der Waals surface area contributed by atoms with E-state index in [1.165, 1.54) is 18.4 Å². The summed E-state index contributed by atoms with van der Waals surface area (Å²) < 4.78 is 0. The fraction of sp³-hybridized carbons (Fsp3) is 0.533. The summed E-state index contributed by atoms with van der Waals surface area (Å²) in [5.41, 5.74) is 1.33. The van der Waals surface area contributed by atoms with Crippen LogP contribution >= 0.6 is 0 Å². The summed E-state index contributed by atoms with van der Waals surface area (Å²) in [4.78, 5) is 13.0. The summed E-state index contributed by atoms with van der Waals surface area (Å²) in [5, 5.41) is 8.79. The van der Waals surface area contributed by atoms with E-state index in [0.29, 0.717) is 18.5 Å². The zero-order valence-electron chi connectivity index (χ0n) is 10.9. The molecule has 1 N–H and O–H groups in total. The number of carboxylic acid groups (broad SMARTS) is 1. The van der Waals surface area contributed by atoms with Gasteiger partial charge < -0.3 is 5.11 Å². The van der Waals surface area contributed by atoms with Gasteiger partial charge in [-0.25, -0.2) is 0 Å². The number of benzene rings is 1. The zero-order valence-corrected chi connectivity index (χ0v) is 10.9. The molecule has 2 rings (SSSR count). The van der Waals surface area contributed by atoms with Gasteiger partial charge in [-0.05, 0) is 24.3 Å². The highest BCUT2D eigenvalue weighted by atomic mass is 16.4. The molecule has 1 fully saturated rings. The second-order valence-corrected chi connectivity index (χ2v) is 5.18. The van der Waals surface area contributed by atoms with E-state index in [1.807, 2.05) is 6.07 Å². The predicted molar refractivity (Wildman–Crippen MR) is 71.7 cm³/mol. The van der Waals surface area contributed by atoms with Gasteiger partial charge in [0.05, 0.1) is 6.42 Å². The maximum absolute atomic E-state index is 10.7. The molecule has 98 valence electrons. The van der Waals surface area contributed by atoms with Crippen LogP contribution in [0, 0.1) is 0 Å². The first-order valence-corrected chi connectivity index (χ1v) is 6.67. The molecule has 0 amide bonds. The van der Waals surface area contributed by atoms with Gasteiger partial charge in [-0.2, -0.15) is 0 Å². The number of hydrogen-bond donors (Lipinski definition) is 1. The lowest BCUT2D eigenvalue weighted by Crippen LogP contribution is -2.32. The lowest BCUT2D eigenvalue weighted by atomic mass is 10.0. The zero-order chi connectivity index (χ0) is 13.0. The van der Waals surface area contributed by atoms with Crippen molar-refractivity contribution in [2.45, 2.75) is 38.1 Å². The minimum absolute atomic E-state index is 0.248. The molecular weight excluding hydrogens is 226 g/mol. The number of carbonyl (C=O) groups is 1. The largest absolute Gasteiger partial charge is 0.481 e. The van der Waals surface area contributed by atoms with Crippen LogP contribution in [0.25, 0.3) is 0 Å². The van der Waals surface area contributed by atoms with Crippen LogP contribution in [-0.2, 0) is 4.79 Å². The van der Waals surface area contributed by atoms with Crippen molar-refractivity contribution in [2.75, 3.05) is 13.1 Å². The molecule has 1 aromatic carbocycles. The third kappa shape index (κ3) is 3.84. The normalized spacial score (nSPS) is 16.8. The van der Waals surface area contributed by atoms with E-state index in [2.05, 4.69) is 36.1 Å². The molecule has 0 aliphatic heterocycles. The number of rotatable bonds is 7. The van der Waals surface area contributed by atoms with E-state index < -0.39 is 5.97 Å². The minimum atomic E-state index is -0.701. The molecule has 1 unspecified atom stereocenters. The Morgan fingerprint density at radius 2 is 2.06 bits per heavy atom. The van der Waals surface area contributed by atoms with Crippen molar-refractivity contribution in [3.8, 4) is 0 Å². The Labute approximate surface area is 108 Å². The van der Waals surface area contributed by atoms with Gasteiger partial charge in [-0.15, -0.1) is 0 Å². The van der Waals surface area contributed by atoms with Crippen LogP contribution in [0.4, 0.5) is 0 Å². The smallest absolute Gasteiger partial charge is 0.304 e. The molecule has 0 aromatic heterocycles. The number of nitrogens with zero attached hydrogens (tertiary/aromatic N) is 1. The average Bonchev–Trinajstić information content (AvgIpc) is 3.19. The van der Waals surface area contributed by atoms with E-state index in [1.54, 1.807) is 0 Å². The minimum Gasteiger partial charge on any atom is -0.481 e. The standard InChI is InChI=1S/C15H21NO2/c1-12(13-5-3-2-4-6-13)11-16(14-7-8-14)10-9-15(17)18/h2-6,12,14H,7-11H2,1H3,(H,17,18). The van der Waals surface area contributed by atoms with Crippen molar-refractivity contribution in [1.29, 1.82) is 0 Å². The van der Waals surface area contributed by atoms with Crippen molar-refractivity contribution in [1.82, 2.24) is 4.90 Å². The lowest BCUT2D eigenvalue weighted by Gasteiger charge is -2.25. The van der Waals surface area contributed by atoms with E-state index in [4.69, 9.17) is 5.11 Å². The van der Waals surface area contributed by atoms with Gasteiger partial charge in [-0.1, -0.05) is 37.3 Å². The van der Waals surface area contributed by atoms with Gasteiger partial charge in [0.1, 0.15) is 0 Å². The van der Waals surface area contributed by atoms with Crippen LogP contribution < -0.4 is 0 Å². The van der Waals surface area contributed by atoms with Crippen molar-refractivity contribution in [3.05, 3.63) is 35.9 Å². The molecule has 0 spiro atoms. The summed E-state index contributed by atoms with van der Waals surface area (Å²) in [6, 6.07) is 11.1. The Morgan fingerprint density at radius 3 is 2.61 bits per heavy atom. The van der Waals surface area contributed by atoms with Crippen molar-refractivity contribution in [3.63, 3.8) is 0 Å². The molecule has 1 aromatic rings. The second kappa shape index (κ2) is 6.01. The van der Waals surface area contributed by atoms with Crippen molar-refractivity contribution in [2.24, 2.45) is 0 Å². The molecule has 1 aliphatic carbocycles. The Bertz CT molecular complexity index is 387. The second-order valence-electron chi connectivity index (χ2n) is 5.18. The molecule has 1 atom stereocenters. The fourth-order valence-electron chi connectivity index (χ4n) is 2.34. The molecule has 0 saturated heterocycles. The lowest BCUT2D eigenvalue weighted by molar-refractivity contribution is -0.137. The summed E-state index contributed by atoms with van der Waals surface area (Å²) in [5.74, 6) is -0.242. The van der Waals surface area contributed by atoms with Crippen LogP contribution in [-0.4, -0.2) is 35.1 Å². The molecule has 0 heterocycles. The highest BCUT2D eigenvalue weighted by Crippen LogP contribution is 2.29. The highest BCUT2D eigenvalue weighted by Gasteiger charge is 2.30. The predicted octanol–water partition coefficient (Wildman–Crippen LogP) is 2.73. The number of aliphatic carboxylic acids is 1. The average molecular weight is 247 g/mol. The molecular formula is C15H21NO2. The third-order valence-electron chi connectivity index (χ3n) is 3.55. The summed E-state index contributed by atoms with van der Waals surface area (Å²) in [6.07, 6.45) is 2.69. The first-order valence-electron chi connectivity index (χ1n) is 6.67. The van der Waals surface area contributed by atoms with Crippen LogP contribution in [0.5, 0.6) is 0 Å². The maximum Gasteiger partial charge on any atom is 0.304 e. The molecule has 1 saturated carbocycles. The van der Waals surface area contributed by atoms with E-state index in [-0.39, 0.29) is 6.42 Å². The van der Waals surface area contributed by atoms with Crippen molar-refractivity contribution < 1.29 is 9.90 Å². The Kier molecular flexibility index (Phi) is 4.37. The Balaban J connectivity index is 1.90. The summed E-state index contributed by atoms with van der Waals surface area (Å²) in [7, 11) is 0. The quantitative estimate of drug-likeness (QED) is 0.805. The van der Waals surface area contributed by atoms with Gasteiger partial charge in [0.2, 0.25) is 0 Å². The first-order chi connectivity index (χ1) is 8.66. The Hall–Kier alpha value is -1.35. The highest BCUT2D eigenvalue weighted by molar-refractivity contribution is 5.66. The number of hydrogen-bond acceptors (Lipinski definition) is 2. The van der Waals surface area contributed by atoms with Gasteiger partial charge >= 0.3 is 5.97 Å². The van der Waals surface area contributed by atoms with Crippen LogP contribution in [0.3, 0.4) is 0 Å². The Morgan fingerprint density at radius 1 is 1.39 bits per heavy atom. The maximum atomic E-state index is 10.7. The van der Waals surface area contributed by atoms with Gasteiger partial charge in [0.25, 0.3) is 0 Å². The molecule has 1 aliphatic rings. The van der Waals surface area contributed by atoms with E-state index in [0.717, 1.165) is 6.54 Å². The van der Waals surface area contributed by atoms with E-state index >= 15 is 0 Å². The monoisotopic (exact) mass is 247 g/mol. The molecule has 3 heteroatoms. The van der Waals surface area contributed by atoms with Crippen LogP contribution in [0.2, 0.25) is 0 Å². The topological polar surface area (TPSA) is 40.5 Å². The van der Waals surface area contributed by atoms with Gasteiger partial charge in [0.15, 0.2) is 0 Å². The van der Waals surface area contributed by atoms with Crippen LogP contribution in [0.15, 0.2) is 30.3 Å². The van der Waals surface area contributed by atoms with Crippen LogP contribution in [0.1, 0.15) is 37.7 Å². The fourth-order valence-corrected chi connectivity index (χ4v) is 2.34. The molecule has 0 radical (unpaired) electrons. The first kappa shape index (κ1) is 13.1. The van der Waals surface area contributed by atoms with Gasteiger partial charge in [-0.3, -0.25) is 9.69 Å². The summed E-state index contributed by atoms with van der Waals surface area (Å²) >= 11 is 0. The van der Waals surface area contributed by atoms with E-state index in [9.17, 15) is 4.79 Å². The van der Waals surface area contributed by atoms with Gasteiger partial charge in [0, 0.05) is 19.1 Å². The third-order valence-corrected chi connectivity index (χ3v) is 3.55. The number of carboxylic acids is 1. The molecule has 3 nitrogen and oxygen atoms in total. The molecule has 18 heavy (non-hydrogen) atoms.